The number of hydrogen-bond acceptors (Lipinski definition) is 3. The summed E-state index contributed by atoms with van der Waals surface area (Å²) in [6, 6.07) is 0.425. The van der Waals surface area contributed by atoms with E-state index in [9.17, 15) is 5.11 Å². The van der Waals surface area contributed by atoms with Crippen LogP contribution in [0.3, 0.4) is 0 Å². The molecule has 3 heteroatoms. The minimum absolute atomic E-state index is 0.190. The molecule has 0 aliphatic rings. The minimum atomic E-state index is -0.545. The fourth-order valence-corrected chi connectivity index (χ4v) is 1.25. The van der Waals surface area contributed by atoms with Crippen molar-refractivity contribution in [2.24, 2.45) is 0 Å². The summed E-state index contributed by atoms with van der Waals surface area (Å²) in [5.41, 5.74) is -0.545. The summed E-state index contributed by atoms with van der Waals surface area (Å²) in [5, 5.41) is 21.2. The van der Waals surface area contributed by atoms with E-state index in [4.69, 9.17) is 5.11 Å². The van der Waals surface area contributed by atoms with Gasteiger partial charge in [0.05, 0.1) is 12.2 Å². The van der Waals surface area contributed by atoms with Gasteiger partial charge >= 0.3 is 0 Å². The molecule has 0 aromatic rings. The first kappa shape index (κ1) is 12.9. The SMILES string of the molecule is C[C@H](CCCC(C)(C)O)NCCO. The van der Waals surface area contributed by atoms with Gasteiger partial charge in [0, 0.05) is 12.6 Å². The van der Waals surface area contributed by atoms with Crippen LogP contribution in [-0.4, -0.2) is 35.0 Å². The van der Waals surface area contributed by atoms with Crippen LogP contribution in [0.25, 0.3) is 0 Å². The monoisotopic (exact) mass is 189 g/mol. The number of aliphatic hydroxyl groups is 2. The van der Waals surface area contributed by atoms with Crippen molar-refractivity contribution >= 4 is 0 Å². The van der Waals surface area contributed by atoms with E-state index < -0.39 is 5.60 Å². The second-order valence-corrected chi connectivity index (χ2v) is 4.28. The van der Waals surface area contributed by atoms with E-state index in [1.54, 1.807) is 0 Å². The Morgan fingerprint density at radius 2 is 2.00 bits per heavy atom. The summed E-state index contributed by atoms with van der Waals surface area (Å²) < 4.78 is 0. The third kappa shape index (κ3) is 9.80. The second kappa shape index (κ2) is 6.35. The Balaban J connectivity index is 3.31. The van der Waals surface area contributed by atoms with Crippen molar-refractivity contribution in [2.75, 3.05) is 13.2 Å². The Kier molecular flexibility index (Phi) is 6.29. The lowest BCUT2D eigenvalue weighted by Crippen LogP contribution is -2.29. The Morgan fingerprint density at radius 1 is 1.38 bits per heavy atom. The summed E-state index contributed by atoms with van der Waals surface area (Å²) >= 11 is 0. The van der Waals surface area contributed by atoms with E-state index >= 15 is 0 Å². The highest BCUT2D eigenvalue weighted by Gasteiger charge is 2.12. The van der Waals surface area contributed by atoms with Gasteiger partial charge in [0.2, 0.25) is 0 Å². The summed E-state index contributed by atoms with van der Waals surface area (Å²) in [7, 11) is 0. The van der Waals surface area contributed by atoms with Gasteiger partial charge in [0.15, 0.2) is 0 Å². The number of rotatable bonds is 7. The molecule has 0 aliphatic heterocycles. The molecule has 1 atom stereocenters. The largest absolute Gasteiger partial charge is 0.395 e. The van der Waals surface area contributed by atoms with E-state index in [1.165, 1.54) is 0 Å². The Hall–Kier alpha value is -0.120. The number of hydrogen-bond donors (Lipinski definition) is 3. The molecule has 0 heterocycles. The highest BCUT2D eigenvalue weighted by atomic mass is 16.3. The summed E-state index contributed by atoms with van der Waals surface area (Å²) in [4.78, 5) is 0. The van der Waals surface area contributed by atoms with Gasteiger partial charge < -0.3 is 15.5 Å². The van der Waals surface area contributed by atoms with Gasteiger partial charge in [-0.05, 0) is 40.0 Å². The predicted octanol–water partition coefficient (Wildman–Crippen LogP) is 0.898. The lowest BCUT2D eigenvalue weighted by atomic mass is 10.00. The Bertz CT molecular complexity index is 121. The number of aliphatic hydroxyl groups excluding tert-OH is 1. The second-order valence-electron chi connectivity index (χ2n) is 4.28. The van der Waals surface area contributed by atoms with E-state index in [0.29, 0.717) is 12.6 Å². The molecule has 0 radical (unpaired) electrons. The minimum Gasteiger partial charge on any atom is -0.395 e. The molecule has 0 amide bonds. The smallest absolute Gasteiger partial charge is 0.0591 e. The van der Waals surface area contributed by atoms with Gasteiger partial charge in [-0.1, -0.05) is 0 Å². The van der Waals surface area contributed by atoms with Gasteiger partial charge in [0.1, 0.15) is 0 Å². The topological polar surface area (TPSA) is 52.5 Å². The van der Waals surface area contributed by atoms with Crippen molar-refractivity contribution in [3.63, 3.8) is 0 Å². The molecule has 0 bridgehead atoms. The van der Waals surface area contributed by atoms with Crippen LogP contribution >= 0.6 is 0 Å². The van der Waals surface area contributed by atoms with Crippen molar-refractivity contribution in [1.82, 2.24) is 5.32 Å². The van der Waals surface area contributed by atoms with Crippen LogP contribution in [0.2, 0.25) is 0 Å². The molecular formula is C10H23NO2. The standard InChI is InChI=1S/C10H23NO2/c1-9(11-7-8-12)5-4-6-10(2,3)13/h9,11-13H,4-8H2,1-3H3/t9-/m1/s1. The van der Waals surface area contributed by atoms with Gasteiger partial charge in [-0.15, -0.1) is 0 Å². The summed E-state index contributed by atoms with van der Waals surface area (Å²) in [5.74, 6) is 0. The van der Waals surface area contributed by atoms with Crippen molar-refractivity contribution in [2.45, 2.75) is 51.7 Å². The average molecular weight is 189 g/mol. The molecule has 0 aliphatic carbocycles. The van der Waals surface area contributed by atoms with Gasteiger partial charge in [-0.2, -0.15) is 0 Å². The quantitative estimate of drug-likeness (QED) is 0.557. The molecule has 0 saturated carbocycles. The molecule has 13 heavy (non-hydrogen) atoms. The van der Waals surface area contributed by atoms with E-state index in [-0.39, 0.29) is 6.61 Å². The van der Waals surface area contributed by atoms with Crippen LogP contribution in [0.1, 0.15) is 40.0 Å². The number of nitrogens with one attached hydrogen (secondary N) is 1. The molecule has 3 nitrogen and oxygen atoms in total. The molecule has 0 aromatic carbocycles. The molecule has 0 unspecified atom stereocenters. The zero-order chi connectivity index (χ0) is 10.3. The molecule has 3 N–H and O–H groups in total. The van der Waals surface area contributed by atoms with Crippen LogP contribution in [0.4, 0.5) is 0 Å². The molecule has 0 saturated heterocycles. The van der Waals surface area contributed by atoms with Crippen LogP contribution in [0, 0.1) is 0 Å². The van der Waals surface area contributed by atoms with Crippen molar-refractivity contribution in [3.8, 4) is 0 Å². The lowest BCUT2D eigenvalue weighted by Gasteiger charge is -2.18. The zero-order valence-electron chi connectivity index (χ0n) is 9.01. The normalized spacial score (nSPS) is 14.5. The molecule has 0 aromatic heterocycles. The van der Waals surface area contributed by atoms with Crippen LogP contribution < -0.4 is 5.32 Å². The fraction of sp³-hybridized carbons (Fsp3) is 1.00. The van der Waals surface area contributed by atoms with E-state index in [1.807, 2.05) is 13.8 Å². The average Bonchev–Trinajstić information content (AvgIpc) is 1.98. The first-order valence-electron chi connectivity index (χ1n) is 5.02. The highest BCUT2D eigenvalue weighted by molar-refractivity contribution is 4.67. The first-order chi connectivity index (χ1) is 5.95. The first-order valence-corrected chi connectivity index (χ1v) is 5.02. The Morgan fingerprint density at radius 3 is 2.46 bits per heavy atom. The molecular weight excluding hydrogens is 166 g/mol. The van der Waals surface area contributed by atoms with Gasteiger partial charge in [-0.3, -0.25) is 0 Å². The maximum absolute atomic E-state index is 9.45. The highest BCUT2D eigenvalue weighted by Crippen LogP contribution is 2.12. The Labute approximate surface area is 81.2 Å². The third-order valence-electron chi connectivity index (χ3n) is 2.03. The van der Waals surface area contributed by atoms with Crippen LogP contribution in [-0.2, 0) is 0 Å². The van der Waals surface area contributed by atoms with E-state index in [0.717, 1.165) is 19.3 Å². The maximum atomic E-state index is 9.45. The molecule has 0 fully saturated rings. The van der Waals surface area contributed by atoms with Crippen molar-refractivity contribution < 1.29 is 10.2 Å². The fourth-order valence-electron chi connectivity index (χ4n) is 1.25. The summed E-state index contributed by atoms with van der Waals surface area (Å²) in [6.45, 7) is 6.61. The lowest BCUT2D eigenvalue weighted by molar-refractivity contribution is 0.0674. The van der Waals surface area contributed by atoms with Crippen LogP contribution in [0.5, 0.6) is 0 Å². The zero-order valence-corrected chi connectivity index (χ0v) is 9.01. The predicted molar refractivity (Wildman–Crippen MR) is 54.7 cm³/mol. The molecule has 80 valence electrons. The third-order valence-corrected chi connectivity index (χ3v) is 2.03. The van der Waals surface area contributed by atoms with Gasteiger partial charge in [0.25, 0.3) is 0 Å². The van der Waals surface area contributed by atoms with E-state index in [2.05, 4.69) is 12.2 Å². The summed E-state index contributed by atoms with van der Waals surface area (Å²) in [6.07, 6.45) is 2.89. The van der Waals surface area contributed by atoms with Crippen molar-refractivity contribution in [3.05, 3.63) is 0 Å². The maximum Gasteiger partial charge on any atom is 0.0591 e. The molecule has 0 spiro atoms. The van der Waals surface area contributed by atoms with Gasteiger partial charge in [-0.25, -0.2) is 0 Å². The molecule has 0 rings (SSSR count). The van der Waals surface area contributed by atoms with Crippen LogP contribution in [0.15, 0.2) is 0 Å². The van der Waals surface area contributed by atoms with Crippen molar-refractivity contribution in [1.29, 1.82) is 0 Å².